The molecule has 1 aromatic heterocycles. The van der Waals surface area contributed by atoms with Crippen molar-refractivity contribution < 1.29 is 14.3 Å². The number of nitrogens with one attached hydrogen (secondary N) is 1. The van der Waals surface area contributed by atoms with E-state index in [1.165, 1.54) is 18.2 Å². The molecule has 1 unspecified atom stereocenters. The average molecular weight is 341 g/mol. The highest BCUT2D eigenvalue weighted by Gasteiger charge is 2.30. The quantitative estimate of drug-likeness (QED) is 0.741. The van der Waals surface area contributed by atoms with E-state index in [-0.39, 0.29) is 17.7 Å². The van der Waals surface area contributed by atoms with Crippen LogP contribution >= 0.6 is 11.8 Å². The Morgan fingerprint density at radius 2 is 2.04 bits per heavy atom. The summed E-state index contributed by atoms with van der Waals surface area (Å²) in [5.74, 6) is 0.613. The summed E-state index contributed by atoms with van der Waals surface area (Å²) < 4.78 is 5.42. The Kier molecular flexibility index (Phi) is 6.89. The highest BCUT2D eigenvalue weighted by Crippen LogP contribution is 2.26. The minimum absolute atomic E-state index is 0.0407. The third-order valence-corrected chi connectivity index (χ3v) is 4.77. The van der Waals surface area contributed by atoms with Crippen LogP contribution in [0.5, 0.6) is 0 Å². The van der Waals surface area contributed by atoms with E-state index in [1.54, 1.807) is 0 Å². The number of hydrogen-bond acceptors (Lipinski definition) is 6. The van der Waals surface area contributed by atoms with E-state index in [9.17, 15) is 9.90 Å². The standard InChI is InChI=1S/C16H27N3O3S/c1-10(2)9-12(13(20)15-18-19-16(22-15)23-3)17-14(21)11-7-5-4-6-8-11/h10-13,20H,4-9H2,1-3H3,(H,17,21)/t12-,13?/m0/s1. The minimum Gasteiger partial charge on any atom is -0.413 e. The van der Waals surface area contributed by atoms with Crippen LogP contribution in [0.15, 0.2) is 9.64 Å². The Labute approximate surface area is 141 Å². The Balaban J connectivity index is 2.04. The highest BCUT2D eigenvalue weighted by molar-refractivity contribution is 7.98. The first kappa shape index (κ1) is 18.3. The molecule has 1 saturated carbocycles. The van der Waals surface area contributed by atoms with Crippen molar-refractivity contribution in [2.24, 2.45) is 11.8 Å². The molecule has 0 radical (unpaired) electrons. The van der Waals surface area contributed by atoms with Crippen molar-refractivity contribution in [1.29, 1.82) is 0 Å². The van der Waals surface area contributed by atoms with Gasteiger partial charge in [-0.1, -0.05) is 44.9 Å². The maximum atomic E-state index is 12.5. The fraction of sp³-hybridized carbons (Fsp3) is 0.812. The third-order valence-electron chi connectivity index (χ3n) is 4.26. The summed E-state index contributed by atoms with van der Waals surface area (Å²) in [7, 11) is 0. The second-order valence-corrected chi connectivity index (χ2v) is 7.39. The number of carbonyl (C=O) groups is 1. The lowest BCUT2D eigenvalue weighted by molar-refractivity contribution is -0.127. The highest BCUT2D eigenvalue weighted by atomic mass is 32.2. The van der Waals surface area contributed by atoms with Crippen LogP contribution in [0.25, 0.3) is 0 Å². The van der Waals surface area contributed by atoms with Crippen LogP contribution in [0, 0.1) is 11.8 Å². The Hall–Kier alpha value is -1.08. The number of hydrogen-bond donors (Lipinski definition) is 2. The molecular formula is C16H27N3O3S. The normalized spacial score (nSPS) is 18.8. The van der Waals surface area contributed by atoms with Gasteiger partial charge in [0.2, 0.25) is 11.8 Å². The van der Waals surface area contributed by atoms with E-state index < -0.39 is 12.1 Å². The zero-order chi connectivity index (χ0) is 16.8. The van der Waals surface area contributed by atoms with Crippen LogP contribution in [-0.4, -0.2) is 33.5 Å². The molecule has 23 heavy (non-hydrogen) atoms. The summed E-state index contributed by atoms with van der Waals surface area (Å²) in [5, 5.41) is 21.8. The van der Waals surface area contributed by atoms with Crippen LogP contribution in [0.2, 0.25) is 0 Å². The number of aliphatic hydroxyl groups is 1. The molecule has 0 aromatic carbocycles. The predicted molar refractivity (Wildman–Crippen MR) is 89.0 cm³/mol. The van der Waals surface area contributed by atoms with Crippen LogP contribution in [0.1, 0.15) is 64.4 Å². The van der Waals surface area contributed by atoms with Gasteiger partial charge in [0, 0.05) is 5.92 Å². The molecule has 0 saturated heterocycles. The molecule has 7 heteroatoms. The maximum Gasteiger partial charge on any atom is 0.276 e. The summed E-state index contributed by atoms with van der Waals surface area (Å²) in [6, 6.07) is -0.403. The predicted octanol–water partition coefficient (Wildman–Crippen LogP) is 2.94. The minimum atomic E-state index is -0.974. The van der Waals surface area contributed by atoms with Crippen LogP contribution in [0.3, 0.4) is 0 Å². The van der Waals surface area contributed by atoms with Gasteiger partial charge in [0.15, 0.2) is 6.10 Å². The molecular weight excluding hydrogens is 314 g/mol. The van der Waals surface area contributed by atoms with Gasteiger partial charge < -0.3 is 14.8 Å². The monoisotopic (exact) mass is 341 g/mol. The fourth-order valence-electron chi connectivity index (χ4n) is 3.03. The number of amides is 1. The van der Waals surface area contributed by atoms with E-state index >= 15 is 0 Å². The van der Waals surface area contributed by atoms with Crippen molar-refractivity contribution in [3.05, 3.63) is 5.89 Å². The van der Waals surface area contributed by atoms with Crippen LogP contribution < -0.4 is 5.32 Å². The van der Waals surface area contributed by atoms with Gasteiger partial charge in [-0.15, -0.1) is 10.2 Å². The van der Waals surface area contributed by atoms with Crippen LogP contribution in [0.4, 0.5) is 0 Å². The Morgan fingerprint density at radius 1 is 1.35 bits per heavy atom. The van der Waals surface area contributed by atoms with Gasteiger partial charge >= 0.3 is 0 Å². The van der Waals surface area contributed by atoms with Crippen LogP contribution in [-0.2, 0) is 4.79 Å². The van der Waals surface area contributed by atoms with Gasteiger partial charge in [0.1, 0.15) is 0 Å². The SMILES string of the molecule is CSc1nnc(C(O)[C@H](CC(C)C)NC(=O)C2CCCCC2)o1. The second kappa shape index (κ2) is 8.68. The third kappa shape index (κ3) is 5.21. The molecule has 2 rings (SSSR count). The zero-order valence-electron chi connectivity index (χ0n) is 14.1. The lowest BCUT2D eigenvalue weighted by atomic mass is 9.88. The zero-order valence-corrected chi connectivity index (χ0v) is 14.9. The van der Waals surface area contributed by atoms with Gasteiger partial charge in [0.05, 0.1) is 6.04 Å². The molecule has 1 fully saturated rings. The van der Waals surface area contributed by atoms with Gasteiger partial charge in [-0.3, -0.25) is 4.79 Å². The molecule has 1 aliphatic carbocycles. The van der Waals surface area contributed by atoms with Gasteiger partial charge in [0.25, 0.3) is 5.22 Å². The number of aliphatic hydroxyl groups excluding tert-OH is 1. The Morgan fingerprint density at radius 3 is 2.61 bits per heavy atom. The van der Waals surface area contributed by atoms with E-state index in [0.717, 1.165) is 25.7 Å². The van der Waals surface area contributed by atoms with Crippen molar-refractivity contribution >= 4 is 17.7 Å². The van der Waals surface area contributed by atoms with E-state index in [0.29, 0.717) is 17.6 Å². The molecule has 0 spiro atoms. The van der Waals surface area contributed by atoms with Gasteiger partial charge in [-0.05, 0) is 31.4 Å². The van der Waals surface area contributed by atoms with Gasteiger partial charge in [-0.25, -0.2) is 0 Å². The number of nitrogens with zero attached hydrogens (tertiary/aromatic N) is 2. The van der Waals surface area contributed by atoms with E-state index in [4.69, 9.17) is 4.42 Å². The molecule has 2 N–H and O–H groups in total. The molecule has 1 heterocycles. The summed E-state index contributed by atoms with van der Waals surface area (Å²) in [6.45, 7) is 4.13. The largest absolute Gasteiger partial charge is 0.413 e. The fourth-order valence-corrected chi connectivity index (χ4v) is 3.33. The van der Waals surface area contributed by atoms with Gasteiger partial charge in [-0.2, -0.15) is 0 Å². The maximum absolute atomic E-state index is 12.5. The first-order valence-corrected chi connectivity index (χ1v) is 9.59. The molecule has 130 valence electrons. The number of rotatable bonds is 7. The van der Waals surface area contributed by atoms with Crippen molar-refractivity contribution in [3.8, 4) is 0 Å². The number of aromatic nitrogens is 2. The summed E-state index contributed by atoms with van der Waals surface area (Å²) >= 11 is 1.33. The van der Waals surface area contributed by atoms with E-state index in [1.807, 2.05) is 6.26 Å². The number of thioether (sulfide) groups is 1. The van der Waals surface area contributed by atoms with Crippen molar-refractivity contribution in [3.63, 3.8) is 0 Å². The molecule has 1 amide bonds. The van der Waals surface area contributed by atoms with Crippen molar-refractivity contribution in [2.45, 2.75) is 69.7 Å². The average Bonchev–Trinajstić information content (AvgIpc) is 3.03. The summed E-state index contributed by atoms with van der Waals surface area (Å²) in [6.07, 6.45) is 6.82. The number of carbonyl (C=O) groups excluding carboxylic acids is 1. The topological polar surface area (TPSA) is 88.3 Å². The second-order valence-electron chi connectivity index (χ2n) is 6.63. The lowest BCUT2D eigenvalue weighted by Gasteiger charge is -2.27. The molecule has 2 atom stereocenters. The smallest absolute Gasteiger partial charge is 0.276 e. The molecule has 6 nitrogen and oxygen atoms in total. The Bertz CT molecular complexity index is 501. The van der Waals surface area contributed by atoms with E-state index in [2.05, 4.69) is 29.4 Å². The van der Waals surface area contributed by atoms with Crippen molar-refractivity contribution in [2.75, 3.05) is 6.26 Å². The van der Waals surface area contributed by atoms with Crippen molar-refractivity contribution in [1.82, 2.24) is 15.5 Å². The first-order chi connectivity index (χ1) is 11.0. The molecule has 1 aromatic rings. The molecule has 1 aliphatic rings. The summed E-state index contributed by atoms with van der Waals surface area (Å²) in [5.41, 5.74) is 0. The lowest BCUT2D eigenvalue weighted by Crippen LogP contribution is -2.43. The molecule has 0 bridgehead atoms. The molecule has 0 aliphatic heterocycles. The first-order valence-electron chi connectivity index (χ1n) is 8.37. The summed E-state index contributed by atoms with van der Waals surface area (Å²) in [4.78, 5) is 12.5.